The summed E-state index contributed by atoms with van der Waals surface area (Å²) < 4.78 is 17.9. The number of halogens is 1. The number of hydrogen-bond donors (Lipinski definition) is 1. The highest BCUT2D eigenvalue weighted by molar-refractivity contribution is 6.01. The first-order valence-electron chi connectivity index (χ1n) is 8.56. The molecule has 0 heterocycles. The maximum absolute atomic E-state index is 13.1. The first-order valence-corrected chi connectivity index (χ1v) is 8.56. The lowest BCUT2D eigenvalue weighted by Crippen LogP contribution is -2.27. The topological polar surface area (TPSA) is 55.4 Å². The van der Waals surface area contributed by atoms with E-state index in [4.69, 9.17) is 4.74 Å². The fourth-order valence-corrected chi connectivity index (χ4v) is 2.82. The molecule has 0 radical (unpaired) electrons. The van der Waals surface area contributed by atoms with Gasteiger partial charge in [-0.15, -0.1) is 0 Å². The molecule has 1 saturated carbocycles. The fraction of sp³-hybridized carbons (Fsp3) is 0.238. The maximum atomic E-state index is 13.1. The van der Waals surface area contributed by atoms with Crippen molar-refractivity contribution >= 4 is 23.6 Å². The number of carbonyl (C=O) groups is 2. The van der Waals surface area contributed by atoms with Crippen molar-refractivity contribution in [1.82, 2.24) is 0 Å². The van der Waals surface area contributed by atoms with E-state index in [1.54, 1.807) is 37.3 Å². The number of carbonyl (C=O) groups excluding carboxylic acids is 2. The molecule has 1 aliphatic rings. The first-order chi connectivity index (χ1) is 12.5. The number of nitrogens with one attached hydrogen (secondary N) is 1. The van der Waals surface area contributed by atoms with Gasteiger partial charge in [-0.2, -0.15) is 0 Å². The van der Waals surface area contributed by atoms with Crippen LogP contribution in [-0.4, -0.2) is 18.5 Å². The molecule has 1 fully saturated rings. The fourth-order valence-electron chi connectivity index (χ4n) is 2.82. The van der Waals surface area contributed by atoms with Gasteiger partial charge in [0, 0.05) is 11.8 Å². The zero-order valence-corrected chi connectivity index (χ0v) is 14.5. The van der Waals surface area contributed by atoms with Gasteiger partial charge in [0.2, 0.25) is 5.91 Å². The maximum Gasteiger partial charge on any atom is 0.330 e. The van der Waals surface area contributed by atoms with Crippen molar-refractivity contribution < 1.29 is 18.7 Å². The standard InChI is InChI=1S/C21H20FNO3/c1-2-26-19(24)12-5-15-3-10-18(11-4-15)23-20(25)21(13-14-21)16-6-8-17(22)9-7-16/h3-12H,2,13-14H2,1H3,(H,23,25)/b12-5+. The Morgan fingerprint density at radius 2 is 1.77 bits per heavy atom. The molecule has 0 aromatic heterocycles. The number of anilines is 1. The zero-order chi connectivity index (χ0) is 18.6. The summed E-state index contributed by atoms with van der Waals surface area (Å²) in [5.41, 5.74) is 1.79. The van der Waals surface area contributed by atoms with Crippen LogP contribution in [0.1, 0.15) is 30.9 Å². The SMILES string of the molecule is CCOC(=O)/C=C/c1ccc(NC(=O)C2(c3ccc(F)cc3)CC2)cc1. The zero-order valence-electron chi connectivity index (χ0n) is 14.5. The number of hydrogen-bond acceptors (Lipinski definition) is 3. The molecule has 0 unspecified atom stereocenters. The normalized spacial score (nSPS) is 14.8. The van der Waals surface area contributed by atoms with Gasteiger partial charge < -0.3 is 10.1 Å². The van der Waals surface area contributed by atoms with E-state index in [9.17, 15) is 14.0 Å². The second kappa shape index (κ2) is 7.52. The van der Waals surface area contributed by atoms with Crippen LogP contribution in [0.5, 0.6) is 0 Å². The van der Waals surface area contributed by atoms with E-state index in [-0.39, 0.29) is 17.7 Å². The number of ether oxygens (including phenoxy) is 1. The third-order valence-corrected chi connectivity index (χ3v) is 4.45. The highest BCUT2D eigenvalue weighted by atomic mass is 19.1. The van der Waals surface area contributed by atoms with Crippen molar-refractivity contribution in [2.45, 2.75) is 25.2 Å². The number of esters is 1. The van der Waals surface area contributed by atoms with E-state index in [2.05, 4.69) is 5.32 Å². The van der Waals surface area contributed by atoms with Crippen LogP contribution in [0.2, 0.25) is 0 Å². The Morgan fingerprint density at radius 3 is 2.35 bits per heavy atom. The summed E-state index contributed by atoms with van der Waals surface area (Å²) in [6, 6.07) is 13.3. The summed E-state index contributed by atoms with van der Waals surface area (Å²) in [6.07, 6.45) is 4.53. The van der Waals surface area contributed by atoms with Gasteiger partial charge in [0.15, 0.2) is 0 Å². The number of rotatable bonds is 6. The van der Waals surface area contributed by atoms with E-state index in [1.165, 1.54) is 18.2 Å². The second-order valence-electron chi connectivity index (χ2n) is 6.25. The van der Waals surface area contributed by atoms with Crippen molar-refractivity contribution in [3.05, 3.63) is 71.6 Å². The van der Waals surface area contributed by atoms with Gasteiger partial charge in [0.1, 0.15) is 5.82 Å². The summed E-state index contributed by atoms with van der Waals surface area (Å²) >= 11 is 0. The van der Waals surface area contributed by atoms with E-state index >= 15 is 0 Å². The van der Waals surface area contributed by atoms with Crippen LogP contribution < -0.4 is 5.32 Å². The molecule has 2 aromatic carbocycles. The van der Waals surface area contributed by atoms with Crippen LogP contribution in [0, 0.1) is 5.82 Å². The summed E-state index contributed by atoms with van der Waals surface area (Å²) in [5, 5.41) is 2.92. The first kappa shape index (κ1) is 17.9. The molecular formula is C21H20FNO3. The van der Waals surface area contributed by atoms with E-state index < -0.39 is 5.41 Å². The molecule has 134 valence electrons. The molecule has 5 heteroatoms. The minimum absolute atomic E-state index is 0.0843. The molecular weight excluding hydrogens is 333 g/mol. The average Bonchev–Trinajstić information content (AvgIpc) is 3.44. The molecule has 4 nitrogen and oxygen atoms in total. The molecule has 0 aliphatic heterocycles. The van der Waals surface area contributed by atoms with Gasteiger partial charge in [0.25, 0.3) is 0 Å². The van der Waals surface area contributed by atoms with Crippen LogP contribution in [0.3, 0.4) is 0 Å². The van der Waals surface area contributed by atoms with Crippen molar-refractivity contribution in [1.29, 1.82) is 0 Å². The molecule has 26 heavy (non-hydrogen) atoms. The molecule has 3 rings (SSSR count). The number of amides is 1. The monoisotopic (exact) mass is 353 g/mol. The minimum atomic E-state index is -0.559. The summed E-state index contributed by atoms with van der Waals surface area (Å²) in [4.78, 5) is 24.0. The third kappa shape index (κ3) is 3.99. The number of benzene rings is 2. The lowest BCUT2D eigenvalue weighted by Gasteiger charge is -2.16. The molecule has 1 N–H and O–H groups in total. The molecule has 0 atom stereocenters. The molecule has 1 aliphatic carbocycles. The van der Waals surface area contributed by atoms with Crippen LogP contribution in [-0.2, 0) is 19.7 Å². The third-order valence-electron chi connectivity index (χ3n) is 4.45. The summed E-state index contributed by atoms with van der Waals surface area (Å²) in [6.45, 7) is 2.09. The largest absolute Gasteiger partial charge is 0.463 e. The minimum Gasteiger partial charge on any atom is -0.463 e. The Balaban J connectivity index is 1.65. The van der Waals surface area contributed by atoms with E-state index in [1.807, 2.05) is 12.1 Å². The van der Waals surface area contributed by atoms with Crippen molar-refractivity contribution in [2.75, 3.05) is 11.9 Å². The van der Waals surface area contributed by atoms with E-state index in [0.717, 1.165) is 24.0 Å². The molecule has 0 saturated heterocycles. The van der Waals surface area contributed by atoms with Crippen LogP contribution in [0.25, 0.3) is 6.08 Å². The lowest BCUT2D eigenvalue weighted by atomic mass is 9.95. The van der Waals surface area contributed by atoms with Crippen LogP contribution >= 0.6 is 0 Å². The van der Waals surface area contributed by atoms with Gasteiger partial charge in [-0.05, 0) is 61.2 Å². The quantitative estimate of drug-likeness (QED) is 0.629. The summed E-state index contributed by atoms with van der Waals surface area (Å²) in [5.74, 6) is -0.782. The Kier molecular flexibility index (Phi) is 5.16. The Morgan fingerprint density at radius 1 is 1.12 bits per heavy atom. The average molecular weight is 353 g/mol. The van der Waals surface area contributed by atoms with Gasteiger partial charge >= 0.3 is 5.97 Å². The highest BCUT2D eigenvalue weighted by Gasteiger charge is 2.51. The van der Waals surface area contributed by atoms with Crippen molar-refractivity contribution in [3.8, 4) is 0 Å². The Labute approximate surface area is 151 Å². The Bertz CT molecular complexity index is 821. The Hall–Kier alpha value is -2.95. The summed E-state index contributed by atoms with van der Waals surface area (Å²) in [7, 11) is 0. The van der Waals surface area contributed by atoms with Crippen molar-refractivity contribution in [2.24, 2.45) is 0 Å². The second-order valence-corrected chi connectivity index (χ2v) is 6.25. The van der Waals surface area contributed by atoms with Gasteiger partial charge in [-0.1, -0.05) is 24.3 Å². The molecule has 2 aromatic rings. The van der Waals surface area contributed by atoms with Gasteiger partial charge in [-0.3, -0.25) is 4.79 Å². The van der Waals surface area contributed by atoms with Crippen molar-refractivity contribution in [3.63, 3.8) is 0 Å². The smallest absolute Gasteiger partial charge is 0.330 e. The van der Waals surface area contributed by atoms with Gasteiger partial charge in [-0.25, -0.2) is 9.18 Å². The van der Waals surface area contributed by atoms with Crippen LogP contribution in [0.4, 0.5) is 10.1 Å². The molecule has 0 bridgehead atoms. The van der Waals surface area contributed by atoms with E-state index in [0.29, 0.717) is 12.3 Å². The lowest BCUT2D eigenvalue weighted by molar-refractivity contribution is -0.137. The predicted octanol–water partition coefficient (Wildman–Crippen LogP) is 4.07. The molecule has 0 spiro atoms. The molecule has 1 amide bonds. The highest BCUT2D eigenvalue weighted by Crippen LogP contribution is 2.49. The van der Waals surface area contributed by atoms with Gasteiger partial charge in [0.05, 0.1) is 12.0 Å². The predicted molar refractivity (Wildman–Crippen MR) is 98.1 cm³/mol. The van der Waals surface area contributed by atoms with Crippen LogP contribution in [0.15, 0.2) is 54.6 Å².